The summed E-state index contributed by atoms with van der Waals surface area (Å²) in [6.45, 7) is 0. The smallest absolute Gasteiger partial charge is 0.258 e. The van der Waals surface area contributed by atoms with Crippen LogP contribution in [0, 0.1) is 20.4 Å². The number of hydrogen-bond donors (Lipinski definition) is 0. The summed E-state index contributed by atoms with van der Waals surface area (Å²) in [5.74, 6) is 0. The van der Waals surface area contributed by atoms with Crippen LogP contribution in [0.3, 0.4) is 0 Å². The molecule has 8 nitrogen and oxygen atoms in total. The molecule has 0 radical (unpaired) electrons. The van der Waals surface area contributed by atoms with Crippen molar-refractivity contribution in [1.29, 1.82) is 0 Å². The van der Waals surface area contributed by atoms with Crippen molar-refractivity contribution >= 4 is 22.0 Å². The van der Waals surface area contributed by atoms with E-state index in [0.717, 1.165) is 10.9 Å². The van der Waals surface area contributed by atoms with E-state index < -0.39 is 10.2 Å². The van der Waals surface area contributed by atoms with Crippen molar-refractivity contribution in [2.75, 3.05) is 0 Å². The van der Waals surface area contributed by atoms with Gasteiger partial charge in [-0.1, -0.05) is 6.07 Å². The third-order valence-electron chi connectivity index (χ3n) is 2.81. The molecule has 0 amide bonds. The van der Waals surface area contributed by atoms with Crippen molar-refractivity contribution in [3.05, 3.63) is 65.0 Å². The number of pyridine rings is 2. The lowest BCUT2D eigenvalue weighted by Gasteiger charge is -2.17. The molecule has 0 saturated heterocycles. The monoisotopic (exact) mass is 324 g/mol. The highest BCUT2D eigenvalue weighted by Gasteiger charge is 2.14. The molecule has 0 fully saturated rings. The second-order valence-corrected chi connectivity index (χ2v) is 4.98. The van der Waals surface area contributed by atoms with Crippen LogP contribution in [-0.2, 0) is 0 Å². The lowest BCUT2D eigenvalue weighted by molar-refractivity contribution is -2.00. The number of nitro groups is 1. The van der Waals surface area contributed by atoms with E-state index in [1.165, 1.54) is 6.07 Å². The number of nitro benzene ring substituents is 1. The van der Waals surface area contributed by atoms with Gasteiger partial charge in [0.15, 0.2) is 12.4 Å². The van der Waals surface area contributed by atoms with E-state index in [1.54, 1.807) is 6.07 Å². The van der Waals surface area contributed by atoms with E-state index in [2.05, 4.69) is 0 Å². The van der Waals surface area contributed by atoms with E-state index >= 15 is 0 Å². The average molecular weight is 325 g/mol. The van der Waals surface area contributed by atoms with Gasteiger partial charge in [-0.2, -0.15) is 4.40 Å². The quantitative estimate of drug-likeness (QED) is 0.214. The molecule has 0 atom stereocenters. The fourth-order valence-electron chi connectivity index (χ4n) is 2.01. The normalized spacial score (nSPS) is 11.1. The molecule has 2 heterocycles. The third kappa shape index (κ3) is 4.07. The van der Waals surface area contributed by atoms with Crippen LogP contribution < -0.4 is 23.0 Å². The van der Waals surface area contributed by atoms with Crippen LogP contribution in [0.5, 0.6) is 0 Å². The highest BCUT2D eigenvalue weighted by Crippen LogP contribution is 2.24. The second-order valence-electron chi connectivity index (χ2n) is 4.22. The fourth-order valence-corrected chi connectivity index (χ4v) is 2.01. The summed E-state index contributed by atoms with van der Waals surface area (Å²) in [5.41, 5.74) is 1.09. The number of aromatic nitrogens is 1. The zero-order valence-corrected chi connectivity index (χ0v) is 11.7. The molecule has 3 aromatic rings. The molecule has 9 heteroatoms. The van der Waals surface area contributed by atoms with Crippen molar-refractivity contribution in [3.8, 4) is 0 Å². The Hall–Kier alpha value is -2.36. The number of rotatable bonds is 1. The van der Waals surface area contributed by atoms with Gasteiger partial charge >= 0.3 is 0 Å². The minimum atomic E-state index is -4.94. The summed E-state index contributed by atoms with van der Waals surface area (Å²) in [6, 6.07) is 12.7. The number of non-ortho nitro benzene ring substituents is 1. The first-order valence-corrected chi connectivity index (χ1v) is 7.08. The summed E-state index contributed by atoms with van der Waals surface area (Å²) in [5, 5.41) is 12.5. The van der Waals surface area contributed by atoms with Gasteiger partial charge in [0, 0.05) is 24.3 Å². The zero-order valence-electron chi connectivity index (χ0n) is 10.9. The lowest BCUT2D eigenvalue weighted by Crippen LogP contribution is -2.68. The third-order valence-corrected chi connectivity index (χ3v) is 2.81. The molecule has 0 N–H and O–H groups in total. The Bertz CT molecular complexity index is 827. The molecule has 2 aromatic heterocycles. The van der Waals surface area contributed by atoms with E-state index in [0.29, 0.717) is 5.39 Å². The maximum atomic E-state index is 10.9. The SMILES string of the molecule is O=[N+]([O-])c1cccc2c[n+]3ccccc3cc12.[O-][Cl+3]([O-])([O-])[O-]. The van der Waals surface area contributed by atoms with Crippen molar-refractivity contribution < 1.29 is 38.2 Å². The predicted molar refractivity (Wildman–Crippen MR) is 63.8 cm³/mol. The Labute approximate surface area is 126 Å². The van der Waals surface area contributed by atoms with Gasteiger partial charge in [-0.25, -0.2) is 18.6 Å². The summed E-state index contributed by atoms with van der Waals surface area (Å²) in [7, 11) is -4.94. The van der Waals surface area contributed by atoms with E-state index in [4.69, 9.17) is 18.6 Å². The van der Waals surface area contributed by atoms with Crippen molar-refractivity contribution in [3.63, 3.8) is 0 Å². The average Bonchev–Trinajstić information content (AvgIpc) is 2.42. The maximum Gasteiger partial charge on any atom is 0.277 e. The van der Waals surface area contributed by atoms with E-state index in [1.807, 2.05) is 47.1 Å². The summed E-state index contributed by atoms with van der Waals surface area (Å²) >= 11 is 0. The van der Waals surface area contributed by atoms with Gasteiger partial charge in [-0.15, -0.1) is 10.2 Å². The van der Waals surface area contributed by atoms with Crippen LogP contribution in [-0.4, -0.2) is 4.92 Å². The largest absolute Gasteiger partial charge is 0.277 e. The minimum absolute atomic E-state index is 0.147. The van der Waals surface area contributed by atoms with Gasteiger partial charge in [0.1, 0.15) is 0 Å². The number of fused-ring (bicyclic) bond motifs is 2. The Balaban J connectivity index is 0.000000309. The van der Waals surface area contributed by atoms with E-state index in [-0.39, 0.29) is 10.6 Å². The Kier molecular flexibility index (Phi) is 4.50. The number of nitrogens with zero attached hydrogens (tertiary/aromatic N) is 2. The van der Waals surface area contributed by atoms with Gasteiger partial charge in [0.05, 0.1) is 15.7 Å². The fraction of sp³-hybridized carbons (Fsp3) is 0. The molecule has 0 bridgehead atoms. The first-order valence-electron chi connectivity index (χ1n) is 5.84. The molecule has 3 rings (SSSR count). The number of halogens is 1. The molecule has 0 aliphatic carbocycles. The first-order chi connectivity index (χ1) is 10.3. The number of benzene rings is 1. The maximum absolute atomic E-state index is 10.9. The summed E-state index contributed by atoms with van der Waals surface area (Å²) < 4.78 is 35.9. The van der Waals surface area contributed by atoms with Crippen molar-refractivity contribution in [2.45, 2.75) is 0 Å². The Morgan fingerprint density at radius 3 is 2.32 bits per heavy atom. The van der Waals surface area contributed by atoms with Gasteiger partial charge in [0.2, 0.25) is 5.52 Å². The Morgan fingerprint density at radius 2 is 1.68 bits per heavy atom. The minimum Gasteiger partial charge on any atom is -0.258 e. The lowest BCUT2D eigenvalue weighted by atomic mass is 10.1. The Morgan fingerprint density at radius 1 is 1.00 bits per heavy atom. The van der Waals surface area contributed by atoms with Crippen LogP contribution in [0.1, 0.15) is 0 Å². The van der Waals surface area contributed by atoms with Gasteiger partial charge in [0.25, 0.3) is 5.69 Å². The highest BCUT2D eigenvalue weighted by molar-refractivity contribution is 5.91. The topological polar surface area (TPSA) is 139 Å². The van der Waals surface area contributed by atoms with Gasteiger partial charge < -0.3 is 0 Å². The second kappa shape index (κ2) is 6.18. The number of hydrogen-bond acceptors (Lipinski definition) is 6. The molecule has 114 valence electrons. The zero-order chi connectivity index (χ0) is 16.3. The van der Waals surface area contributed by atoms with Crippen LogP contribution in [0.25, 0.3) is 16.3 Å². The molecular formula is C13H9ClN2O6. The van der Waals surface area contributed by atoms with Crippen LogP contribution >= 0.6 is 0 Å². The molecule has 22 heavy (non-hydrogen) atoms. The van der Waals surface area contributed by atoms with Gasteiger partial charge in [-0.3, -0.25) is 10.1 Å². The molecule has 0 spiro atoms. The van der Waals surface area contributed by atoms with E-state index in [9.17, 15) is 10.1 Å². The molecule has 0 unspecified atom stereocenters. The standard InChI is InChI=1S/C13H9N2O2.ClHO4/c16-15(17)13-6-3-4-10-9-14-7-2-1-5-11(14)8-12(10)13;2-1(3,4)5/h1-9H;(H,2,3,4,5)/q+1;/p-1. The molecule has 0 aliphatic rings. The van der Waals surface area contributed by atoms with Crippen LogP contribution in [0.2, 0.25) is 0 Å². The van der Waals surface area contributed by atoms with Crippen LogP contribution in [0.15, 0.2) is 54.9 Å². The first kappa shape index (κ1) is 16.0. The van der Waals surface area contributed by atoms with Gasteiger partial charge in [-0.05, 0) is 12.1 Å². The summed E-state index contributed by atoms with van der Waals surface area (Å²) in [6.07, 6.45) is 3.82. The molecule has 1 aromatic carbocycles. The summed E-state index contributed by atoms with van der Waals surface area (Å²) in [4.78, 5) is 10.6. The molecule has 0 aliphatic heterocycles. The molecule has 0 saturated carbocycles. The van der Waals surface area contributed by atoms with Crippen LogP contribution in [0.4, 0.5) is 5.69 Å². The highest BCUT2D eigenvalue weighted by atomic mass is 35.7. The molecular weight excluding hydrogens is 316 g/mol. The van der Waals surface area contributed by atoms with Crippen molar-refractivity contribution in [1.82, 2.24) is 0 Å². The predicted octanol–water partition coefficient (Wildman–Crippen LogP) is -2.27. The van der Waals surface area contributed by atoms with Crippen molar-refractivity contribution in [2.24, 2.45) is 0 Å².